The molecule has 3 heteroatoms. The van der Waals surface area contributed by atoms with E-state index < -0.39 is 0 Å². The van der Waals surface area contributed by atoms with Crippen LogP contribution in [-0.2, 0) is 4.74 Å². The van der Waals surface area contributed by atoms with Crippen molar-refractivity contribution < 1.29 is 9.53 Å². The number of carbonyl (C=O) groups is 1. The van der Waals surface area contributed by atoms with Gasteiger partial charge in [-0.2, -0.15) is 0 Å². The molecule has 0 aliphatic heterocycles. The number of hydrogen-bond acceptors (Lipinski definition) is 3. The van der Waals surface area contributed by atoms with Gasteiger partial charge in [-0.1, -0.05) is 73.7 Å². The van der Waals surface area contributed by atoms with Crippen molar-refractivity contribution >= 4 is 16.9 Å². The molecular formula is C24H23NO2. The van der Waals surface area contributed by atoms with Crippen molar-refractivity contribution in [1.82, 2.24) is 4.98 Å². The van der Waals surface area contributed by atoms with Gasteiger partial charge < -0.3 is 4.74 Å². The average molecular weight is 357 g/mol. The van der Waals surface area contributed by atoms with Crippen molar-refractivity contribution in [3.63, 3.8) is 0 Å². The van der Waals surface area contributed by atoms with Crippen LogP contribution in [0.3, 0.4) is 0 Å². The number of benzene rings is 2. The molecule has 136 valence electrons. The predicted octanol–water partition coefficient (Wildman–Crippen LogP) is 5.62. The highest BCUT2D eigenvalue weighted by Gasteiger charge is 2.22. The zero-order valence-corrected chi connectivity index (χ0v) is 15.8. The van der Waals surface area contributed by atoms with Gasteiger partial charge in [0.25, 0.3) is 0 Å². The van der Waals surface area contributed by atoms with Gasteiger partial charge in [0.15, 0.2) is 0 Å². The minimum Gasteiger partial charge on any atom is -0.462 e. The number of esters is 1. The molecule has 0 radical (unpaired) electrons. The van der Waals surface area contributed by atoms with Gasteiger partial charge in [0.2, 0.25) is 0 Å². The topological polar surface area (TPSA) is 39.2 Å². The van der Waals surface area contributed by atoms with Crippen LogP contribution in [0.25, 0.3) is 22.2 Å². The molecule has 0 unspecified atom stereocenters. The van der Waals surface area contributed by atoms with E-state index in [1.54, 1.807) is 6.92 Å². The number of rotatable bonds is 5. The number of aromatic nitrogens is 1. The molecule has 0 fully saturated rings. The number of fused-ring (bicyclic) bond motifs is 1. The summed E-state index contributed by atoms with van der Waals surface area (Å²) in [7, 11) is 0. The van der Waals surface area contributed by atoms with Crippen LogP contribution in [0.2, 0.25) is 0 Å². The summed E-state index contributed by atoms with van der Waals surface area (Å²) in [6, 6.07) is 17.5. The summed E-state index contributed by atoms with van der Waals surface area (Å²) in [4.78, 5) is 17.6. The predicted molar refractivity (Wildman–Crippen MR) is 110 cm³/mol. The van der Waals surface area contributed by atoms with E-state index in [2.05, 4.69) is 18.8 Å². The third-order valence-electron chi connectivity index (χ3n) is 4.29. The smallest absolute Gasteiger partial charge is 0.341 e. The van der Waals surface area contributed by atoms with E-state index in [0.717, 1.165) is 35.7 Å². The fraction of sp³-hybridized carbons (Fsp3) is 0.250. The van der Waals surface area contributed by atoms with Crippen molar-refractivity contribution in [3.8, 4) is 23.1 Å². The molecule has 2 aromatic carbocycles. The molecule has 27 heavy (non-hydrogen) atoms. The van der Waals surface area contributed by atoms with Crippen molar-refractivity contribution in [1.29, 1.82) is 0 Å². The second-order valence-electron chi connectivity index (χ2n) is 6.22. The molecule has 0 atom stereocenters. The quantitative estimate of drug-likeness (QED) is 0.338. The second kappa shape index (κ2) is 9.00. The number of para-hydroxylation sites is 1. The van der Waals surface area contributed by atoms with E-state index in [0.29, 0.717) is 23.4 Å². The van der Waals surface area contributed by atoms with Gasteiger partial charge in [0.05, 0.1) is 23.4 Å². The average Bonchev–Trinajstić information content (AvgIpc) is 2.71. The zero-order chi connectivity index (χ0) is 19.1. The Morgan fingerprint density at radius 1 is 1.04 bits per heavy atom. The van der Waals surface area contributed by atoms with Crippen molar-refractivity contribution in [2.24, 2.45) is 0 Å². The fourth-order valence-corrected chi connectivity index (χ4v) is 2.96. The maximum atomic E-state index is 12.9. The Kier molecular flexibility index (Phi) is 6.22. The highest BCUT2D eigenvalue weighted by molar-refractivity contribution is 6.05. The number of ether oxygens (including phenoxy) is 1. The van der Waals surface area contributed by atoms with E-state index >= 15 is 0 Å². The first-order valence-corrected chi connectivity index (χ1v) is 9.40. The number of pyridine rings is 1. The van der Waals surface area contributed by atoms with Gasteiger partial charge in [0, 0.05) is 17.4 Å². The molecule has 0 amide bonds. The summed E-state index contributed by atoms with van der Waals surface area (Å²) in [5.41, 5.74) is 3.47. The third kappa shape index (κ3) is 4.17. The normalized spacial score (nSPS) is 10.3. The molecule has 1 aromatic heterocycles. The molecule has 0 saturated carbocycles. The highest BCUT2D eigenvalue weighted by Crippen LogP contribution is 2.30. The summed E-state index contributed by atoms with van der Waals surface area (Å²) in [6.45, 7) is 4.25. The fourth-order valence-electron chi connectivity index (χ4n) is 2.96. The Morgan fingerprint density at radius 2 is 1.78 bits per heavy atom. The minimum atomic E-state index is -0.380. The van der Waals surface area contributed by atoms with Crippen LogP contribution in [0.15, 0.2) is 54.6 Å². The SMILES string of the molecule is CCCCC#Cc1c(C(=O)OCC)c(-c2ccccc2)nc2ccccc12. The standard InChI is InChI=1S/C24H23NO2/c1-3-5-6-10-16-20-19-15-11-12-17-21(19)25-23(18-13-8-7-9-14-18)22(20)24(26)27-4-2/h7-9,11-15,17H,3-6H2,1-2H3. The van der Waals surface area contributed by atoms with E-state index in [-0.39, 0.29) is 5.97 Å². The Balaban J connectivity index is 2.30. The van der Waals surface area contributed by atoms with Crippen LogP contribution >= 0.6 is 0 Å². The van der Waals surface area contributed by atoms with Crippen LogP contribution in [0.5, 0.6) is 0 Å². The molecule has 3 aromatic rings. The van der Waals surface area contributed by atoms with Crippen LogP contribution in [-0.4, -0.2) is 17.6 Å². The van der Waals surface area contributed by atoms with Crippen LogP contribution in [0.1, 0.15) is 49.0 Å². The molecule has 0 aliphatic carbocycles. The van der Waals surface area contributed by atoms with E-state index in [4.69, 9.17) is 9.72 Å². The molecule has 0 bridgehead atoms. The largest absolute Gasteiger partial charge is 0.462 e. The highest BCUT2D eigenvalue weighted by atomic mass is 16.5. The van der Waals surface area contributed by atoms with Crippen molar-refractivity contribution in [3.05, 3.63) is 65.7 Å². The molecule has 3 rings (SSSR count). The van der Waals surface area contributed by atoms with E-state index in [1.807, 2.05) is 54.6 Å². The van der Waals surface area contributed by atoms with Gasteiger partial charge in [-0.3, -0.25) is 0 Å². The van der Waals surface area contributed by atoms with Crippen LogP contribution in [0.4, 0.5) is 0 Å². The van der Waals surface area contributed by atoms with Gasteiger partial charge >= 0.3 is 5.97 Å². The molecule has 0 saturated heterocycles. The summed E-state index contributed by atoms with van der Waals surface area (Å²) < 4.78 is 5.36. The minimum absolute atomic E-state index is 0.308. The molecule has 1 heterocycles. The maximum absolute atomic E-state index is 12.9. The summed E-state index contributed by atoms with van der Waals surface area (Å²) in [5.74, 6) is 6.09. The lowest BCUT2D eigenvalue weighted by Crippen LogP contribution is -2.11. The molecular weight excluding hydrogens is 334 g/mol. The van der Waals surface area contributed by atoms with E-state index in [1.165, 1.54) is 0 Å². The first-order chi connectivity index (χ1) is 13.3. The Labute approximate surface area is 160 Å². The number of unbranched alkanes of at least 4 members (excludes halogenated alkanes) is 2. The third-order valence-corrected chi connectivity index (χ3v) is 4.29. The monoisotopic (exact) mass is 357 g/mol. The van der Waals surface area contributed by atoms with Crippen molar-refractivity contribution in [2.45, 2.75) is 33.1 Å². The molecule has 0 spiro atoms. The van der Waals surface area contributed by atoms with Gasteiger partial charge in [-0.25, -0.2) is 9.78 Å². The maximum Gasteiger partial charge on any atom is 0.341 e. The van der Waals surface area contributed by atoms with Crippen molar-refractivity contribution in [2.75, 3.05) is 6.61 Å². The van der Waals surface area contributed by atoms with Crippen LogP contribution in [0, 0.1) is 11.8 Å². The number of carbonyl (C=O) groups excluding carboxylic acids is 1. The summed E-state index contributed by atoms with van der Waals surface area (Å²) in [5, 5.41) is 0.879. The van der Waals surface area contributed by atoms with Gasteiger partial charge in [-0.15, -0.1) is 0 Å². The zero-order valence-electron chi connectivity index (χ0n) is 15.8. The van der Waals surface area contributed by atoms with Crippen LogP contribution < -0.4 is 0 Å². The number of hydrogen-bond donors (Lipinski definition) is 0. The van der Waals surface area contributed by atoms with Gasteiger partial charge in [-0.05, 0) is 19.4 Å². The Hall–Kier alpha value is -3.12. The number of nitrogens with zero attached hydrogens (tertiary/aromatic N) is 1. The first kappa shape index (κ1) is 18.7. The molecule has 0 aliphatic rings. The summed E-state index contributed by atoms with van der Waals surface area (Å²) >= 11 is 0. The lowest BCUT2D eigenvalue weighted by Gasteiger charge is -2.13. The van der Waals surface area contributed by atoms with Gasteiger partial charge in [0.1, 0.15) is 5.56 Å². The second-order valence-corrected chi connectivity index (χ2v) is 6.22. The molecule has 3 nitrogen and oxygen atoms in total. The Bertz CT molecular complexity index is 997. The molecule has 0 N–H and O–H groups in total. The summed E-state index contributed by atoms with van der Waals surface area (Å²) in [6.07, 6.45) is 2.93. The van der Waals surface area contributed by atoms with E-state index in [9.17, 15) is 4.79 Å². The lowest BCUT2D eigenvalue weighted by atomic mass is 9.96. The Morgan fingerprint density at radius 3 is 2.52 bits per heavy atom. The lowest BCUT2D eigenvalue weighted by molar-refractivity contribution is 0.0527. The first-order valence-electron chi connectivity index (χ1n) is 9.40.